The van der Waals surface area contributed by atoms with E-state index in [1.807, 2.05) is 18.2 Å². The molecule has 0 bridgehead atoms. The first-order chi connectivity index (χ1) is 12.7. The van der Waals surface area contributed by atoms with Crippen molar-refractivity contribution < 1.29 is 18.7 Å². The fraction of sp³-hybridized carbons (Fsp3) is 0.368. The lowest BCUT2D eigenvalue weighted by Gasteiger charge is -2.27. The number of nitrogens with zero attached hydrogens (tertiary/aromatic N) is 2. The van der Waals surface area contributed by atoms with Gasteiger partial charge in [0.1, 0.15) is 11.5 Å². The molecule has 0 aliphatic carbocycles. The van der Waals surface area contributed by atoms with Crippen molar-refractivity contribution in [1.29, 1.82) is 0 Å². The van der Waals surface area contributed by atoms with Crippen LogP contribution >= 0.6 is 0 Å². The second-order valence-electron chi connectivity index (χ2n) is 6.05. The number of hydrazone groups is 1. The minimum absolute atomic E-state index is 0.297. The summed E-state index contributed by atoms with van der Waals surface area (Å²) in [5, 5.41) is 4.04. The molecular formula is C19H23N3O4. The lowest BCUT2D eigenvalue weighted by atomic mass is 10.1. The van der Waals surface area contributed by atoms with Crippen LogP contribution in [-0.4, -0.2) is 50.4 Å². The molecule has 1 N–H and O–H groups in total. The number of nitrogens with one attached hydrogen (secondary N) is 1. The number of ether oxygens (including phenoxy) is 2. The summed E-state index contributed by atoms with van der Waals surface area (Å²) in [5.41, 5.74) is 4.96. The predicted molar refractivity (Wildman–Crippen MR) is 97.6 cm³/mol. The van der Waals surface area contributed by atoms with E-state index < -0.39 is 0 Å². The van der Waals surface area contributed by atoms with Crippen molar-refractivity contribution in [2.24, 2.45) is 5.10 Å². The summed E-state index contributed by atoms with van der Waals surface area (Å²) in [6, 6.07) is 7.46. The minimum Gasteiger partial charge on any atom is -0.496 e. The molecule has 0 saturated carbocycles. The van der Waals surface area contributed by atoms with Crippen LogP contribution in [0.1, 0.15) is 27.2 Å². The second kappa shape index (κ2) is 8.64. The topological polar surface area (TPSA) is 76.3 Å². The molecule has 1 aliphatic rings. The van der Waals surface area contributed by atoms with Gasteiger partial charge in [-0.1, -0.05) is 0 Å². The Bertz CT molecular complexity index is 779. The fourth-order valence-corrected chi connectivity index (χ4v) is 2.85. The van der Waals surface area contributed by atoms with Crippen molar-refractivity contribution in [3.63, 3.8) is 0 Å². The van der Waals surface area contributed by atoms with Crippen LogP contribution in [0, 0.1) is 6.92 Å². The zero-order valence-electron chi connectivity index (χ0n) is 15.0. The molecule has 1 aromatic carbocycles. The number of furan rings is 1. The van der Waals surface area contributed by atoms with Gasteiger partial charge in [0.05, 0.1) is 38.4 Å². The Hall–Kier alpha value is -2.64. The van der Waals surface area contributed by atoms with Crippen molar-refractivity contribution in [3.8, 4) is 5.75 Å². The molecule has 1 saturated heterocycles. The molecule has 2 aromatic rings. The molecule has 26 heavy (non-hydrogen) atoms. The Balaban J connectivity index is 1.66. The normalized spacial score (nSPS) is 15.3. The Morgan fingerprint density at radius 1 is 1.35 bits per heavy atom. The maximum Gasteiger partial charge on any atom is 0.274 e. The van der Waals surface area contributed by atoms with Crippen LogP contribution in [-0.2, 0) is 11.3 Å². The second-order valence-corrected chi connectivity index (χ2v) is 6.05. The Morgan fingerprint density at radius 3 is 2.85 bits per heavy atom. The number of amides is 1. The summed E-state index contributed by atoms with van der Waals surface area (Å²) >= 11 is 0. The highest BCUT2D eigenvalue weighted by molar-refractivity contribution is 5.95. The molecule has 0 spiro atoms. The first-order valence-electron chi connectivity index (χ1n) is 8.52. The Morgan fingerprint density at radius 2 is 2.15 bits per heavy atom. The van der Waals surface area contributed by atoms with E-state index in [9.17, 15) is 4.79 Å². The first kappa shape index (κ1) is 18.2. The molecule has 1 aliphatic heterocycles. The number of benzene rings is 1. The Labute approximate surface area is 152 Å². The van der Waals surface area contributed by atoms with Gasteiger partial charge in [-0.05, 0) is 36.8 Å². The number of methoxy groups -OCH3 is 1. The van der Waals surface area contributed by atoms with Crippen LogP contribution in [0.5, 0.6) is 5.75 Å². The van der Waals surface area contributed by atoms with Gasteiger partial charge in [-0.2, -0.15) is 5.10 Å². The van der Waals surface area contributed by atoms with Crippen LogP contribution in [0.3, 0.4) is 0 Å². The number of carbonyl (C=O) groups is 1. The van der Waals surface area contributed by atoms with Crippen LogP contribution in [0.25, 0.3) is 0 Å². The molecule has 0 unspecified atom stereocenters. The third-order valence-corrected chi connectivity index (χ3v) is 4.29. The minimum atomic E-state index is -0.297. The average Bonchev–Trinajstić information content (AvgIpc) is 3.09. The van der Waals surface area contributed by atoms with Crippen molar-refractivity contribution in [3.05, 3.63) is 53.0 Å². The molecule has 138 valence electrons. The highest BCUT2D eigenvalue weighted by Gasteiger charge is 2.14. The third kappa shape index (κ3) is 4.50. The van der Waals surface area contributed by atoms with Crippen LogP contribution in [0.15, 0.2) is 40.0 Å². The molecular weight excluding hydrogens is 334 g/mol. The molecule has 0 radical (unpaired) electrons. The summed E-state index contributed by atoms with van der Waals surface area (Å²) < 4.78 is 16.0. The fourth-order valence-electron chi connectivity index (χ4n) is 2.85. The van der Waals surface area contributed by atoms with Crippen LogP contribution in [0.2, 0.25) is 0 Å². The summed E-state index contributed by atoms with van der Waals surface area (Å²) in [7, 11) is 1.67. The van der Waals surface area contributed by atoms with Gasteiger partial charge in [-0.25, -0.2) is 5.43 Å². The first-order valence-corrected chi connectivity index (χ1v) is 8.52. The summed E-state index contributed by atoms with van der Waals surface area (Å²) in [6.45, 7) is 5.84. The largest absolute Gasteiger partial charge is 0.496 e. The van der Waals surface area contributed by atoms with E-state index in [1.54, 1.807) is 26.3 Å². The van der Waals surface area contributed by atoms with Gasteiger partial charge in [0.2, 0.25) is 0 Å². The lowest BCUT2D eigenvalue weighted by Crippen LogP contribution is -2.35. The highest BCUT2D eigenvalue weighted by Crippen LogP contribution is 2.21. The highest BCUT2D eigenvalue weighted by atomic mass is 16.5. The SMILES string of the molecule is COc1ccc(/C=N/NC(=O)c2ccoc2C)cc1CN1CCOCC1. The number of carbonyl (C=O) groups excluding carboxylic acids is 1. The maximum atomic E-state index is 12.0. The lowest BCUT2D eigenvalue weighted by molar-refractivity contribution is 0.0339. The van der Waals surface area contributed by atoms with E-state index in [1.165, 1.54) is 6.26 Å². The molecule has 1 amide bonds. The number of hydrogen-bond acceptors (Lipinski definition) is 6. The molecule has 1 fully saturated rings. The number of morpholine rings is 1. The zero-order valence-corrected chi connectivity index (χ0v) is 15.0. The molecule has 7 nitrogen and oxygen atoms in total. The van der Waals surface area contributed by atoms with E-state index in [-0.39, 0.29) is 5.91 Å². The van der Waals surface area contributed by atoms with Crippen molar-refractivity contribution in [2.75, 3.05) is 33.4 Å². The summed E-state index contributed by atoms with van der Waals surface area (Å²) in [5.74, 6) is 1.11. The van der Waals surface area contributed by atoms with Gasteiger partial charge >= 0.3 is 0 Å². The summed E-state index contributed by atoms with van der Waals surface area (Å²) in [4.78, 5) is 14.3. The van der Waals surface area contributed by atoms with Crippen molar-refractivity contribution in [2.45, 2.75) is 13.5 Å². The van der Waals surface area contributed by atoms with E-state index in [0.29, 0.717) is 11.3 Å². The van der Waals surface area contributed by atoms with E-state index in [0.717, 1.165) is 49.7 Å². The van der Waals surface area contributed by atoms with E-state index in [2.05, 4.69) is 15.4 Å². The van der Waals surface area contributed by atoms with Crippen molar-refractivity contribution >= 4 is 12.1 Å². The molecule has 7 heteroatoms. The number of aryl methyl sites for hydroxylation is 1. The average molecular weight is 357 g/mol. The van der Waals surface area contributed by atoms with Gasteiger partial charge in [0.15, 0.2) is 0 Å². The standard InChI is InChI=1S/C19H23N3O4/c1-14-17(5-8-26-14)19(23)21-20-12-15-3-4-18(24-2)16(11-15)13-22-6-9-25-10-7-22/h3-5,8,11-12H,6-7,9-10,13H2,1-2H3,(H,21,23)/b20-12+. The monoisotopic (exact) mass is 357 g/mol. The summed E-state index contributed by atoms with van der Waals surface area (Å²) in [6.07, 6.45) is 3.10. The van der Waals surface area contributed by atoms with Gasteiger partial charge in [-0.15, -0.1) is 0 Å². The van der Waals surface area contributed by atoms with Gasteiger partial charge < -0.3 is 13.9 Å². The predicted octanol–water partition coefficient (Wildman–Crippen LogP) is 2.19. The zero-order chi connectivity index (χ0) is 18.4. The quantitative estimate of drug-likeness (QED) is 0.633. The van der Waals surface area contributed by atoms with Gasteiger partial charge in [-0.3, -0.25) is 9.69 Å². The number of hydrogen-bond donors (Lipinski definition) is 1. The van der Waals surface area contributed by atoms with E-state index in [4.69, 9.17) is 13.9 Å². The number of rotatable bonds is 6. The molecule has 1 aromatic heterocycles. The van der Waals surface area contributed by atoms with Crippen LogP contribution < -0.4 is 10.2 Å². The Kier molecular flexibility index (Phi) is 6.04. The van der Waals surface area contributed by atoms with Crippen molar-refractivity contribution in [1.82, 2.24) is 10.3 Å². The molecule has 3 rings (SSSR count). The maximum absolute atomic E-state index is 12.0. The molecule has 2 heterocycles. The van der Waals surface area contributed by atoms with E-state index >= 15 is 0 Å². The third-order valence-electron chi connectivity index (χ3n) is 4.29. The smallest absolute Gasteiger partial charge is 0.274 e. The van der Waals surface area contributed by atoms with Gasteiger partial charge in [0.25, 0.3) is 5.91 Å². The van der Waals surface area contributed by atoms with Crippen LogP contribution in [0.4, 0.5) is 0 Å². The van der Waals surface area contributed by atoms with Gasteiger partial charge in [0, 0.05) is 25.2 Å². The molecule has 0 atom stereocenters.